The summed E-state index contributed by atoms with van der Waals surface area (Å²) >= 11 is 0. The highest BCUT2D eigenvalue weighted by atomic mass is 32.2. The molecule has 3 aromatic rings. The molecule has 1 aromatic heterocycles. The summed E-state index contributed by atoms with van der Waals surface area (Å²) in [5, 5.41) is 17.2. The van der Waals surface area contributed by atoms with Crippen LogP contribution in [0, 0.1) is 17.1 Å². The molecule has 0 fully saturated rings. The molecule has 0 spiro atoms. The fraction of sp³-hybridized carbons (Fsp3) is 0.304. The number of sulfone groups is 1. The van der Waals surface area contributed by atoms with Gasteiger partial charge in [0.05, 0.1) is 33.8 Å². The van der Waals surface area contributed by atoms with Gasteiger partial charge >= 0.3 is 0 Å². The van der Waals surface area contributed by atoms with Crippen molar-refractivity contribution in [3.63, 3.8) is 0 Å². The maximum Gasteiger partial charge on any atom is 0.300 e. The van der Waals surface area contributed by atoms with Gasteiger partial charge < -0.3 is 9.67 Å². The zero-order chi connectivity index (χ0) is 22.3. The summed E-state index contributed by atoms with van der Waals surface area (Å²) in [5.41, 5.74) is 4.27. The number of halogens is 1. The van der Waals surface area contributed by atoms with Crippen molar-refractivity contribution in [2.45, 2.75) is 43.5 Å². The number of carboxylic acids is 1. The van der Waals surface area contributed by atoms with Crippen molar-refractivity contribution in [2.75, 3.05) is 5.75 Å². The molecule has 160 valence electrons. The van der Waals surface area contributed by atoms with Gasteiger partial charge in [-0.3, -0.25) is 4.79 Å². The lowest BCUT2D eigenvalue weighted by atomic mass is 9.95. The van der Waals surface area contributed by atoms with E-state index < -0.39 is 21.6 Å². The van der Waals surface area contributed by atoms with E-state index in [-0.39, 0.29) is 16.7 Å². The van der Waals surface area contributed by atoms with Crippen LogP contribution in [0.5, 0.6) is 0 Å². The molecule has 1 N–H and O–H groups in total. The molecule has 8 heteroatoms. The minimum Gasteiger partial charge on any atom is -0.481 e. The number of aliphatic carboxylic acids is 1. The molecule has 6 nitrogen and oxygen atoms in total. The van der Waals surface area contributed by atoms with Crippen LogP contribution in [0.4, 0.5) is 4.39 Å². The Labute approximate surface area is 179 Å². The third-order valence-electron chi connectivity index (χ3n) is 5.78. The van der Waals surface area contributed by atoms with E-state index in [0.717, 1.165) is 60.9 Å². The highest BCUT2D eigenvalue weighted by Gasteiger charge is 2.37. The van der Waals surface area contributed by atoms with Gasteiger partial charge in [0.2, 0.25) is 0 Å². The number of carboxylic acid groups (broad SMARTS) is 1. The normalized spacial score (nSPS) is 18.4. The second kappa shape index (κ2) is 7.82. The van der Waals surface area contributed by atoms with Gasteiger partial charge in [0.15, 0.2) is 9.84 Å². The number of nitrogens with zero attached hydrogens (tertiary/aromatic N) is 2. The van der Waals surface area contributed by atoms with Gasteiger partial charge in [0, 0.05) is 18.0 Å². The lowest BCUT2D eigenvalue weighted by molar-refractivity contribution is -0.134. The molecular formula is C23H21FN2O4S. The van der Waals surface area contributed by atoms with E-state index in [0.29, 0.717) is 11.1 Å². The second-order valence-electron chi connectivity index (χ2n) is 7.85. The lowest BCUT2D eigenvalue weighted by Gasteiger charge is -2.29. The molecule has 31 heavy (non-hydrogen) atoms. The Bertz CT molecular complexity index is 1330. The van der Waals surface area contributed by atoms with Crippen LogP contribution in [-0.4, -0.2) is 29.8 Å². The van der Waals surface area contributed by atoms with Crippen LogP contribution < -0.4 is 0 Å². The van der Waals surface area contributed by atoms with E-state index in [1.54, 1.807) is 12.1 Å². The van der Waals surface area contributed by atoms with E-state index in [4.69, 9.17) is 15.2 Å². The zero-order valence-electron chi connectivity index (χ0n) is 16.9. The largest absolute Gasteiger partial charge is 0.481 e. The number of benzene rings is 2. The van der Waals surface area contributed by atoms with Gasteiger partial charge in [0.25, 0.3) is 5.97 Å². The number of aromatic nitrogens is 1. The van der Waals surface area contributed by atoms with Crippen LogP contribution in [0.3, 0.4) is 0 Å². The van der Waals surface area contributed by atoms with Gasteiger partial charge in [-0.1, -0.05) is 12.1 Å². The minimum atomic E-state index is -3.61. The molecule has 2 aromatic carbocycles. The third kappa shape index (κ3) is 3.70. The molecule has 0 amide bonds. The van der Waals surface area contributed by atoms with E-state index in [9.17, 15) is 12.8 Å². The standard InChI is InChI=1S/C21H17FN2O2S.C2H4O2/c22-15-9-17-16-3-1-2-4-18(16)24-19(14-7-5-13(11-23)6-8-14)12-27(25,26)20(10-15)21(17)24;1-2(3)4/h5-10,19H,1-4,12H2;1H3,(H,3,4)/t19-;/m0./s1. The van der Waals surface area contributed by atoms with Crippen molar-refractivity contribution in [1.29, 1.82) is 5.26 Å². The van der Waals surface area contributed by atoms with Gasteiger partial charge in [0.1, 0.15) is 5.82 Å². The molecule has 0 unspecified atom stereocenters. The zero-order valence-corrected chi connectivity index (χ0v) is 17.7. The van der Waals surface area contributed by atoms with Crippen LogP contribution >= 0.6 is 0 Å². The van der Waals surface area contributed by atoms with Crippen molar-refractivity contribution in [3.8, 4) is 6.07 Å². The smallest absolute Gasteiger partial charge is 0.300 e. The predicted octanol–water partition coefficient (Wildman–Crippen LogP) is 4.00. The number of hydrogen-bond donors (Lipinski definition) is 1. The molecule has 2 aliphatic rings. The minimum absolute atomic E-state index is 0.0917. The second-order valence-corrected chi connectivity index (χ2v) is 9.86. The van der Waals surface area contributed by atoms with Gasteiger partial charge in [-0.2, -0.15) is 5.26 Å². The predicted molar refractivity (Wildman–Crippen MR) is 113 cm³/mol. The Morgan fingerprint density at radius 3 is 2.48 bits per heavy atom. The summed E-state index contributed by atoms with van der Waals surface area (Å²) in [7, 11) is -3.61. The van der Waals surface area contributed by atoms with E-state index in [1.165, 1.54) is 6.07 Å². The molecule has 1 aliphatic carbocycles. The number of fused-ring (bicyclic) bond motifs is 3. The van der Waals surface area contributed by atoms with Crippen LogP contribution in [0.25, 0.3) is 10.9 Å². The summed E-state index contributed by atoms with van der Waals surface area (Å²) < 4.78 is 42.4. The molecule has 2 heterocycles. The number of rotatable bonds is 1. The number of hydrogen-bond acceptors (Lipinski definition) is 4. The average molecular weight is 440 g/mol. The van der Waals surface area contributed by atoms with Crippen LogP contribution in [0.1, 0.15) is 48.2 Å². The van der Waals surface area contributed by atoms with E-state index >= 15 is 0 Å². The highest BCUT2D eigenvalue weighted by molar-refractivity contribution is 7.91. The van der Waals surface area contributed by atoms with Crippen molar-refractivity contribution in [1.82, 2.24) is 4.57 Å². The summed E-state index contributed by atoms with van der Waals surface area (Å²) in [6.07, 6.45) is 3.81. The fourth-order valence-corrected chi connectivity index (χ4v) is 6.34. The van der Waals surface area contributed by atoms with Gasteiger partial charge in [-0.15, -0.1) is 0 Å². The molecule has 0 bridgehead atoms. The molecule has 0 radical (unpaired) electrons. The Hall–Kier alpha value is -3.18. The summed E-state index contributed by atoms with van der Waals surface area (Å²) in [4.78, 5) is 9.11. The van der Waals surface area contributed by atoms with Crippen molar-refractivity contribution in [2.24, 2.45) is 0 Å². The van der Waals surface area contributed by atoms with E-state index in [1.807, 2.05) is 12.1 Å². The maximum absolute atomic E-state index is 14.2. The lowest BCUT2D eigenvalue weighted by Crippen LogP contribution is -2.28. The quantitative estimate of drug-likeness (QED) is 0.617. The summed E-state index contributed by atoms with van der Waals surface area (Å²) in [6.45, 7) is 1.08. The SMILES string of the molecule is CC(=O)O.N#Cc1ccc([C@@H]2CS(=O)(=O)c3cc(F)cc4c5c(n2c34)CCCC5)cc1. The monoisotopic (exact) mass is 440 g/mol. The summed E-state index contributed by atoms with van der Waals surface area (Å²) in [6, 6.07) is 11.5. The van der Waals surface area contributed by atoms with Crippen LogP contribution in [0.15, 0.2) is 41.3 Å². The first-order valence-electron chi connectivity index (χ1n) is 10.0. The van der Waals surface area contributed by atoms with Crippen LogP contribution in [0.2, 0.25) is 0 Å². The first-order valence-corrected chi connectivity index (χ1v) is 11.7. The van der Waals surface area contributed by atoms with Crippen molar-refractivity contribution < 1.29 is 22.7 Å². The Morgan fingerprint density at radius 2 is 1.84 bits per heavy atom. The molecule has 0 saturated carbocycles. The number of aryl methyl sites for hydroxylation is 1. The molecule has 5 rings (SSSR count). The van der Waals surface area contributed by atoms with Crippen LogP contribution in [-0.2, 0) is 27.5 Å². The molecule has 1 aliphatic heterocycles. The fourth-order valence-electron chi connectivity index (χ4n) is 4.61. The molecule has 1 atom stereocenters. The average Bonchev–Trinajstić information content (AvgIpc) is 3.05. The Morgan fingerprint density at radius 1 is 1.19 bits per heavy atom. The Kier molecular flexibility index (Phi) is 5.31. The number of carbonyl (C=O) groups is 1. The van der Waals surface area contributed by atoms with Crippen molar-refractivity contribution in [3.05, 3.63) is 64.6 Å². The molecule has 0 saturated heterocycles. The van der Waals surface area contributed by atoms with Crippen molar-refractivity contribution >= 4 is 26.7 Å². The Balaban J connectivity index is 0.000000535. The number of nitriles is 1. The van der Waals surface area contributed by atoms with E-state index in [2.05, 4.69) is 10.6 Å². The first kappa shape index (κ1) is 21.1. The maximum atomic E-state index is 14.2. The van der Waals surface area contributed by atoms with Gasteiger partial charge in [-0.05, 0) is 61.1 Å². The first-order chi connectivity index (χ1) is 14.7. The van der Waals surface area contributed by atoms with Gasteiger partial charge in [-0.25, -0.2) is 12.8 Å². The topological polar surface area (TPSA) is 100 Å². The third-order valence-corrected chi connectivity index (χ3v) is 7.52. The molecular weight excluding hydrogens is 419 g/mol. The summed E-state index contributed by atoms with van der Waals surface area (Å²) in [5.74, 6) is -1.42. The highest BCUT2D eigenvalue weighted by Crippen LogP contribution is 2.43.